The number of carbonyl (C=O) groups excluding carboxylic acids is 1. The number of hydrogen-bond donors (Lipinski definition) is 0. The summed E-state index contributed by atoms with van der Waals surface area (Å²) in [6.07, 6.45) is 10.5. The summed E-state index contributed by atoms with van der Waals surface area (Å²) in [5.41, 5.74) is 3.06. The second-order valence-corrected chi connectivity index (χ2v) is 6.49. The maximum absolute atomic E-state index is 12.0. The van der Waals surface area contributed by atoms with Crippen molar-refractivity contribution in [3.63, 3.8) is 0 Å². The Bertz CT molecular complexity index is 553. The van der Waals surface area contributed by atoms with E-state index in [9.17, 15) is 4.79 Å². The van der Waals surface area contributed by atoms with Crippen molar-refractivity contribution in [1.29, 1.82) is 0 Å². The summed E-state index contributed by atoms with van der Waals surface area (Å²) < 4.78 is 5.49. The van der Waals surface area contributed by atoms with Crippen LogP contribution < -0.4 is 4.74 Å². The molecule has 0 N–H and O–H groups in total. The smallest absolute Gasteiger partial charge is 0.160 e. The van der Waals surface area contributed by atoms with Gasteiger partial charge in [-0.15, -0.1) is 0 Å². The number of ether oxygens (including phenoxy) is 1. The first-order valence-corrected chi connectivity index (χ1v) is 9.47. The lowest BCUT2D eigenvalue weighted by Gasteiger charge is -2.13. The summed E-state index contributed by atoms with van der Waals surface area (Å²) in [6, 6.07) is 4.09. The average molecular weight is 331 g/mol. The highest BCUT2D eigenvalue weighted by Gasteiger charge is 2.28. The lowest BCUT2D eigenvalue weighted by molar-refractivity contribution is 0.101. The van der Waals surface area contributed by atoms with Crippen LogP contribution in [-0.4, -0.2) is 12.9 Å². The van der Waals surface area contributed by atoms with E-state index in [1.807, 2.05) is 19.9 Å². The van der Waals surface area contributed by atoms with Gasteiger partial charge in [-0.05, 0) is 61.3 Å². The summed E-state index contributed by atoms with van der Waals surface area (Å²) in [5.74, 6) is 2.12. The molecule has 1 aliphatic rings. The molecular weight excluding hydrogens is 296 g/mol. The van der Waals surface area contributed by atoms with Gasteiger partial charge in [0.2, 0.25) is 0 Å². The normalized spacial score (nSPS) is 14.9. The quantitative estimate of drug-likeness (QED) is 0.499. The van der Waals surface area contributed by atoms with E-state index in [0.717, 1.165) is 16.9 Å². The van der Waals surface area contributed by atoms with E-state index < -0.39 is 0 Å². The van der Waals surface area contributed by atoms with E-state index in [1.54, 1.807) is 14.0 Å². The predicted molar refractivity (Wildman–Crippen MR) is 104 cm³/mol. The van der Waals surface area contributed by atoms with Gasteiger partial charge in [0.05, 0.1) is 7.11 Å². The number of carbonyl (C=O) groups is 1. The summed E-state index contributed by atoms with van der Waals surface area (Å²) in [5, 5.41) is 0. The maximum atomic E-state index is 12.0. The third-order valence-electron chi connectivity index (χ3n) is 4.42. The Labute approximate surface area is 148 Å². The van der Waals surface area contributed by atoms with E-state index >= 15 is 0 Å². The predicted octanol–water partition coefficient (Wildman–Crippen LogP) is 6.64. The Kier molecular flexibility index (Phi) is 8.81. The molecule has 24 heavy (non-hydrogen) atoms. The Balaban J connectivity index is 0.00000139. The zero-order valence-corrected chi connectivity index (χ0v) is 16.3. The third-order valence-corrected chi connectivity index (χ3v) is 4.42. The lowest BCUT2D eigenvalue weighted by Crippen LogP contribution is -2.01. The second kappa shape index (κ2) is 10.3. The van der Waals surface area contributed by atoms with Crippen LogP contribution in [0.2, 0.25) is 0 Å². The van der Waals surface area contributed by atoms with E-state index in [4.69, 9.17) is 4.74 Å². The van der Waals surface area contributed by atoms with E-state index in [2.05, 4.69) is 32.1 Å². The molecule has 0 heterocycles. The summed E-state index contributed by atoms with van der Waals surface area (Å²) in [6.45, 7) is 10.1. The minimum Gasteiger partial charge on any atom is -0.496 e. The molecule has 0 aliphatic heterocycles. The van der Waals surface area contributed by atoms with Gasteiger partial charge in [0, 0.05) is 5.56 Å². The molecule has 1 aromatic carbocycles. The topological polar surface area (TPSA) is 26.3 Å². The Morgan fingerprint density at radius 2 is 2.00 bits per heavy atom. The molecule has 0 spiro atoms. The molecule has 0 amide bonds. The van der Waals surface area contributed by atoms with Crippen LogP contribution >= 0.6 is 0 Å². The average Bonchev–Trinajstić information content (AvgIpc) is 3.43. The van der Waals surface area contributed by atoms with Crippen LogP contribution in [0.4, 0.5) is 0 Å². The number of unbranched alkanes of at least 4 members (excludes halogenated alkanes) is 1. The van der Waals surface area contributed by atoms with E-state index in [0.29, 0.717) is 11.8 Å². The number of Topliss-reactive ketones (excluding diaryl/α,β-unsaturated/α-hetero) is 1. The number of hydrogen-bond acceptors (Lipinski definition) is 2. The monoisotopic (exact) mass is 330 g/mol. The van der Waals surface area contributed by atoms with Crippen molar-refractivity contribution >= 4 is 11.9 Å². The van der Waals surface area contributed by atoms with Crippen molar-refractivity contribution < 1.29 is 9.53 Å². The van der Waals surface area contributed by atoms with Crippen molar-refractivity contribution in [3.8, 4) is 5.75 Å². The van der Waals surface area contributed by atoms with Crippen LogP contribution in [0.25, 0.3) is 6.08 Å². The number of allylic oxidation sites excluding steroid dienone is 1. The van der Waals surface area contributed by atoms with Gasteiger partial charge in [-0.1, -0.05) is 52.7 Å². The molecule has 2 rings (SSSR count). The Morgan fingerprint density at radius 3 is 2.50 bits per heavy atom. The Morgan fingerprint density at radius 1 is 1.33 bits per heavy atom. The van der Waals surface area contributed by atoms with Gasteiger partial charge >= 0.3 is 0 Å². The minimum atomic E-state index is 0.0986. The van der Waals surface area contributed by atoms with Crippen LogP contribution in [0.5, 0.6) is 5.75 Å². The molecule has 1 aliphatic carbocycles. The first-order valence-electron chi connectivity index (χ1n) is 9.47. The molecule has 1 aromatic rings. The summed E-state index contributed by atoms with van der Waals surface area (Å²) >= 11 is 0. The van der Waals surface area contributed by atoms with Crippen molar-refractivity contribution in [1.82, 2.24) is 0 Å². The van der Waals surface area contributed by atoms with E-state index in [-0.39, 0.29) is 5.78 Å². The standard InChI is InChI=1S/C20H28O2.C2H6/c1-5-6-7-14(2)8-9-17-12-19(16-10-11-16)20(22-4)13-18(17)15(3)21;1-2/h8-9,12-14,16H,5-7,10-11H2,1-4H3;1-2H3/b9-8-;. The van der Waals surface area contributed by atoms with Gasteiger partial charge in [-0.2, -0.15) is 0 Å². The molecule has 1 saturated carbocycles. The van der Waals surface area contributed by atoms with Crippen LogP contribution in [0, 0.1) is 5.92 Å². The molecule has 0 aromatic heterocycles. The molecular formula is C22H34O2. The van der Waals surface area contributed by atoms with Gasteiger partial charge < -0.3 is 4.74 Å². The molecule has 0 radical (unpaired) electrons. The fourth-order valence-electron chi connectivity index (χ4n) is 2.84. The molecule has 134 valence electrons. The number of methoxy groups -OCH3 is 1. The van der Waals surface area contributed by atoms with Crippen LogP contribution in [0.1, 0.15) is 94.1 Å². The fourth-order valence-corrected chi connectivity index (χ4v) is 2.84. The van der Waals surface area contributed by atoms with Gasteiger partial charge in [-0.25, -0.2) is 0 Å². The van der Waals surface area contributed by atoms with Crippen molar-refractivity contribution in [2.45, 2.75) is 72.6 Å². The van der Waals surface area contributed by atoms with Gasteiger partial charge in [0.1, 0.15) is 5.75 Å². The second-order valence-electron chi connectivity index (χ2n) is 6.49. The van der Waals surface area contributed by atoms with Crippen LogP contribution in [0.15, 0.2) is 18.2 Å². The largest absolute Gasteiger partial charge is 0.496 e. The van der Waals surface area contributed by atoms with Crippen molar-refractivity contribution in [2.75, 3.05) is 7.11 Å². The highest BCUT2D eigenvalue weighted by molar-refractivity contribution is 5.98. The van der Waals surface area contributed by atoms with Crippen molar-refractivity contribution in [3.05, 3.63) is 34.9 Å². The maximum Gasteiger partial charge on any atom is 0.160 e. The van der Waals surface area contributed by atoms with Gasteiger partial charge in [0.15, 0.2) is 5.78 Å². The van der Waals surface area contributed by atoms with Crippen molar-refractivity contribution in [2.24, 2.45) is 5.92 Å². The minimum absolute atomic E-state index is 0.0986. The van der Waals surface area contributed by atoms with E-state index in [1.165, 1.54) is 37.7 Å². The molecule has 1 fully saturated rings. The third kappa shape index (κ3) is 5.81. The number of rotatable bonds is 8. The molecule has 0 saturated heterocycles. The highest BCUT2D eigenvalue weighted by Crippen LogP contribution is 2.45. The number of ketones is 1. The molecule has 1 atom stereocenters. The summed E-state index contributed by atoms with van der Waals surface area (Å²) in [4.78, 5) is 12.0. The molecule has 2 nitrogen and oxygen atoms in total. The Hall–Kier alpha value is -1.57. The first-order chi connectivity index (χ1) is 11.6. The fraction of sp³-hybridized carbons (Fsp3) is 0.591. The molecule has 1 unspecified atom stereocenters. The van der Waals surface area contributed by atoms with Crippen LogP contribution in [0.3, 0.4) is 0 Å². The zero-order chi connectivity index (χ0) is 18.1. The van der Waals surface area contributed by atoms with Gasteiger partial charge in [0.25, 0.3) is 0 Å². The number of benzene rings is 1. The highest BCUT2D eigenvalue weighted by atomic mass is 16.5. The lowest BCUT2D eigenvalue weighted by atomic mass is 9.96. The van der Waals surface area contributed by atoms with Gasteiger partial charge in [-0.3, -0.25) is 4.79 Å². The summed E-state index contributed by atoms with van der Waals surface area (Å²) in [7, 11) is 1.69. The zero-order valence-electron chi connectivity index (χ0n) is 16.3. The molecule has 2 heteroatoms. The van der Waals surface area contributed by atoms with Crippen LogP contribution in [-0.2, 0) is 0 Å². The SMILES string of the molecule is CC.CCCCC(C)/C=C\c1cc(C2CC2)c(OC)cc1C(C)=O. The first kappa shape index (κ1) is 20.5. The molecule has 0 bridgehead atoms.